The largest absolute Gasteiger partial charge is 0.508 e. The van der Waals surface area contributed by atoms with E-state index in [1.54, 1.807) is 6.07 Å². The first-order valence-corrected chi connectivity index (χ1v) is 4.70. The summed E-state index contributed by atoms with van der Waals surface area (Å²) in [5, 5.41) is 9.61. The molecule has 1 aromatic rings. The van der Waals surface area contributed by atoms with Gasteiger partial charge in [0.2, 0.25) is 0 Å². The summed E-state index contributed by atoms with van der Waals surface area (Å²) in [6, 6.07) is 5.31. The van der Waals surface area contributed by atoms with Crippen LogP contribution in [0, 0.1) is 6.92 Å². The van der Waals surface area contributed by atoms with Crippen molar-refractivity contribution in [1.29, 1.82) is 0 Å². The predicted molar refractivity (Wildman–Crippen MR) is 66.5 cm³/mol. The molecule has 0 amide bonds. The lowest BCUT2D eigenvalue weighted by atomic mass is 9.99. The minimum atomic E-state index is -0.160. The van der Waals surface area contributed by atoms with E-state index in [9.17, 15) is 5.11 Å². The van der Waals surface area contributed by atoms with E-state index in [1.165, 1.54) is 0 Å². The first-order chi connectivity index (χ1) is 6.50. The molecule has 0 unspecified atom stereocenters. The maximum Gasteiger partial charge on any atom is 0.120 e. The highest BCUT2D eigenvalue weighted by Gasteiger charge is 2.10. The molecule has 1 aromatic carbocycles. The fraction of sp³-hybridized carbons (Fsp3) is 0.333. The van der Waals surface area contributed by atoms with Crippen LogP contribution in [0.2, 0.25) is 0 Å². The molecule has 0 radical (unpaired) electrons. The molecular weight excluding hydrogens is 210 g/mol. The Kier molecular flexibility index (Phi) is 5.40. The SMILES string of the molecule is C=C(C)C[C@@H](N)c1cc(C)ccc1O.Cl. The number of phenolic OH excluding ortho intramolecular Hbond substituents is 1. The van der Waals surface area contributed by atoms with Gasteiger partial charge in [0, 0.05) is 11.6 Å². The molecule has 0 heterocycles. The first kappa shape index (κ1) is 14.0. The van der Waals surface area contributed by atoms with Gasteiger partial charge in [-0.05, 0) is 26.3 Å². The fourth-order valence-corrected chi connectivity index (χ4v) is 1.46. The zero-order valence-corrected chi connectivity index (χ0v) is 9.97. The third-order valence-electron chi connectivity index (χ3n) is 2.15. The van der Waals surface area contributed by atoms with E-state index < -0.39 is 0 Å². The molecule has 0 aromatic heterocycles. The van der Waals surface area contributed by atoms with E-state index in [2.05, 4.69) is 6.58 Å². The molecular formula is C12H18ClNO. The number of aromatic hydroxyl groups is 1. The summed E-state index contributed by atoms with van der Waals surface area (Å²) in [5.74, 6) is 0.268. The van der Waals surface area contributed by atoms with Crippen LogP contribution in [0.25, 0.3) is 0 Å². The fourth-order valence-electron chi connectivity index (χ4n) is 1.46. The number of phenols is 1. The van der Waals surface area contributed by atoms with Crippen LogP contribution >= 0.6 is 12.4 Å². The molecule has 0 spiro atoms. The molecule has 0 saturated carbocycles. The summed E-state index contributed by atoms with van der Waals surface area (Å²) in [7, 11) is 0. The van der Waals surface area contributed by atoms with Gasteiger partial charge < -0.3 is 10.8 Å². The molecule has 0 saturated heterocycles. The Morgan fingerprint density at radius 2 is 2.13 bits per heavy atom. The van der Waals surface area contributed by atoms with Gasteiger partial charge in [0.25, 0.3) is 0 Å². The number of benzene rings is 1. The molecule has 0 bridgehead atoms. The third-order valence-corrected chi connectivity index (χ3v) is 2.15. The maximum atomic E-state index is 9.61. The Labute approximate surface area is 97.2 Å². The molecule has 0 fully saturated rings. The van der Waals surface area contributed by atoms with E-state index in [1.807, 2.05) is 26.0 Å². The van der Waals surface area contributed by atoms with Crippen LogP contribution in [0.4, 0.5) is 0 Å². The van der Waals surface area contributed by atoms with Crippen LogP contribution in [0.5, 0.6) is 5.75 Å². The first-order valence-electron chi connectivity index (χ1n) is 4.70. The van der Waals surface area contributed by atoms with Crippen LogP contribution in [-0.2, 0) is 0 Å². The van der Waals surface area contributed by atoms with Crippen LogP contribution in [0.3, 0.4) is 0 Å². The highest BCUT2D eigenvalue weighted by molar-refractivity contribution is 5.85. The summed E-state index contributed by atoms with van der Waals surface area (Å²) >= 11 is 0. The number of hydrogen-bond donors (Lipinski definition) is 2. The molecule has 1 atom stereocenters. The van der Waals surface area contributed by atoms with Gasteiger partial charge >= 0.3 is 0 Å². The highest BCUT2D eigenvalue weighted by atomic mass is 35.5. The van der Waals surface area contributed by atoms with Crippen molar-refractivity contribution in [3.63, 3.8) is 0 Å². The Morgan fingerprint density at radius 3 is 2.67 bits per heavy atom. The monoisotopic (exact) mass is 227 g/mol. The van der Waals surface area contributed by atoms with Crippen molar-refractivity contribution in [3.8, 4) is 5.75 Å². The second kappa shape index (κ2) is 5.79. The average Bonchev–Trinajstić information content (AvgIpc) is 2.08. The van der Waals surface area contributed by atoms with E-state index >= 15 is 0 Å². The second-order valence-corrected chi connectivity index (χ2v) is 3.83. The molecule has 3 N–H and O–H groups in total. The molecule has 84 valence electrons. The van der Waals surface area contributed by atoms with Gasteiger partial charge in [-0.3, -0.25) is 0 Å². The van der Waals surface area contributed by atoms with Crippen LogP contribution in [0.1, 0.15) is 30.5 Å². The zero-order chi connectivity index (χ0) is 10.7. The van der Waals surface area contributed by atoms with Crippen LogP contribution < -0.4 is 5.73 Å². The van der Waals surface area contributed by atoms with Crippen molar-refractivity contribution >= 4 is 12.4 Å². The number of hydrogen-bond acceptors (Lipinski definition) is 2. The average molecular weight is 228 g/mol. The third kappa shape index (κ3) is 3.94. The molecule has 2 nitrogen and oxygen atoms in total. The van der Waals surface area contributed by atoms with E-state index in [-0.39, 0.29) is 24.2 Å². The minimum Gasteiger partial charge on any atom is -0.508 e. The van der Waals surface area contributed by atoms with Crippen LogP contribution in [-0.4, -0.2) is 5.11 Å². The van der Waals surface area contributed by atoms with Gasteiger partial charge in [0.05, 0.1) is 0 Å². The number of aryl methyl sites for hydroxylation is 1. The lowest BCUT2D eigenvalue weighted by Gasteiger charge is -2.14. The van der Waals surface area contributed by atoms with Crippen molar-refractivity contribution in [2.75, 3.05) is 0 Å². The molecule has 0 aliphatic carbocycles. The normalized spacial score (nSPS) is 11.7. The lowest BCUT2D eigenvalue weighted by molar-refractivity contribution is 0.461. The maximum absolute atomic E-state index is 9.61. The molecule has 0 aliphatic rings. The zero-order valence-electron chi connectivity index (χ0n) is 9.16. The van der Waals surface area contributed by atoms with E-state index in [0.717, 1.165) is 16.7 Å². The van der Waals surface area contributed by atoms with Crippen molar-refractivity contribution < 1.29 is 5.11 Å². The number of rotatable bonds is 3. The Morgan fingerprint density at radius 1 is 1.53 bits per heavy atom. The number of nitrogens with two attached hydrogens (primary N) is 1. The van der Waals surface area contributed by atoms with E-state index in [4.69, 9.17) is 5.73 Å². The quantitative estimate of drug-likeness (QED) is 0.780. The van der Waals surface area contributed by atoms with Gasteiger partial charge in [-0.25, -0.2) is 0 Å². The topological polar surface area (TPSA) is 46.2 Å². The molecule has 15 heavy (non-hydrogen) atoms. The van der Waals surface area contributed by atoms with Gasteiger partial charge in [0.15, 0.2) is 0 Å². The predicted octanol–water partition coefficient (Wildman–Crippen LogP) is 3.09. The summed E-state index contributed by atoms with van der Waals surface area (Å²) < 4.78 is 0. The van der Waals surface area contributed by atoms with Crippen LogP contribution in [0.15, 0.2) is 30.4 Å². The van der Waals surface area contributed by atoms with Crippen molar-refractivity contribution in [3.05, 3.63) is 41.5 Å². The Hall–Kier alpha value is -0.990. The smallest absolute Gasteiger partial charge is 0.120 e. The van der Waals surface area contributed by atoms with Gasteiger partial charge in [-0.2, -0.15) is 0 Å². The molecule has 1 rings (SSSR count). The molecule has 0 aliphatic heterocycles. The van der Waals surface area contributed by atoms with Gasteiger partial charge in [-0.1, -0.05) is 23.3 Å². The van der Waals surface area contributed by atoms with Crippen molar-refractivity contribution in [1.82, 2.24) is 0 Å². The summed E-state index contributed by atoms with van der Waals surface area (Å²) in [6.45, 7) is 7.73. The Balaban J connectivity index is 0.00000196. The van der Waals surface area contributed by atoms with Gasteiger partial charge in [-0.15, -0.1) is 19.0 Å². The summed E-state index contributed by atoms with van der Waals surface area (Å²) in [6.07, 6.45) is 0.705. The van der Waals surface area contributed by atoms with Crippen molar-refractivity contribution in [2.24, 2.45) is 5.73 Å². The second-order valence-electron chi connectivity index (χ2n) is 3.83. The van der Waals surface area contributed by atoms with E-state index in [0.29, 0.717) is 6.42 Å². The minimum absolute atomic E-state index is 0. The van der Waals surface area contributed by atoms with Gasteiger partial charge in [0.1, 0.15) is 5.75 Å². The van der Waals surface area contributed by atoms with Crippen molar-refractivity contribution in [2.45, 2.75) is 26.3 Å². The standard InChI is InChI=1S/C12H17NO.ClH/c1-8(2)6-11(13)10-7-9(3)4-5-12(10)14;/h4-5,7,11,14H,1,6,13H2,2-3H3;1H/t11-;/m1./s1. The molecule has 3 heteroatoms. The number of halogens is 1. The lowest BCUT2D eigenvalue weighted by Crippen LogP contribution is -2.10. The summed E-state index contributed by atoms with van der Waals surface area (Å²) in [4.78, 5) is 0. The summed E-state index contributed by atoms with van der Waals surface area (Å²) in [5.41, 5.74) is 8.88. The Bertz CT molecular complexity index is 349. The highest BCUT2D eigenvalue weighted by Crippen LogP contribution is 2.27.